The van der Waals surface area contributed by atoms with Crippen LogP contribution in [-0.2, 0) is 14.3 Å². The van der Waals surface area contributed by atoms with Crippen LogP contribution in [0.15, 0.2) is 12.2 Å². The normalized spacial score (nSPS) is 23.7. The van der Waals surface area contributed by atoms with E-state index in [1.165, 1.54) is 7.11 Å². The lowest BCUT2D eigenvalue weighted by atomic mass is 10.0. The Labute approximate surface area is 108 Å². The largest absolute Gasteiger partial charge is 0.469 e. The first-order chi connectivity index (χ1) is 8.23. The topological polar surface area (TPSA) is 64.6 Å². The fraction of sp³-hybridized carbons (Fsp3) is 0.692. The molecule has 0 aromatic heterocycles. The van der Waals surface area contributed by atoms with Crippen LogP contribution in [0.1, 0.15) is 33.6 Å². The minimum Gasteiger partial charge on any atom is -0.469 e. The van der Waals surface area contributed by atoms with Gasteiger partial charge in [0, 0.05) is 6.04 Å². The minimum absolute atomic E-state index is 0.292. The summed E-state index contributed by atoms with van der Waals surface area (Å²) < 4.78 is 9.89. The third-order valence-electron chi connectivity index (χ3n) is 2.71. The molecule has 0 unspecified atom stereocenters. The monoisotopic (exact) mass is 255 g/mol. The van der Waals surface area contributed by atoms with Gasteiger partial charge in [-0.25, -0.2) is 4.79 Å². The van der Waals surface area contributed by atoms with Gasteiger partial charge in [-0.2, -0.15) is 0 Å². The standard InChI is InChI=1S/C13H21NO4/c1-8-6-9(11(15)17-5)10(7-8)14-12(16)18-13(2,3)4/h9-10H,1,6-7H2,2-5H3,(H,14,16)/t9-,10+/m0/s1. The van der Waals surface area contributed by atoms with Crippen molar-refractivity contribution >= 4 is 12.1 Å². The molecule has 0 aromatic carbocycles. The molecule has 5 heteroatoms. The van der Waals surface area contributed by atoms with E-state index in [0.717, 1.165) is 5.57 Å². The summed E-state index contributed by atoms with van der Waals surface area (Å²) in [5.74, 6) is -0.690. The third kappa shape index (κ3) is 4.05. The van der Waals surface area contributed by atoms with Crippen LogP contribution in [-0.4, -0.2) is 30.8 Å². The Hall–Kier alpha value is -1.52. The summed E-state index contributed by atoms with van der Waals surface area (Å²) >= 11 is 0. The molecule has 1 fully saturated rings. The van der Waals surface area contributed by atoms with Crippen molar-refractivity contribution in [2.45, 2.75) is 45.3 Å². The average Bonchev–Trinajstić information content (AvgIpc) is 2.55. The molecule has 1 aliphatic rings. The fourth-order valence-corrected chi connectivity index (χ4v) is 2.00. The van der Waals surface area contributed by atoms with Gasteiger partial charge in [0.2, 0.25) is 0 Å². The predicted molar refractivity (Wildman–Crippen MR) is 67.0 cm³/mol. The van der Waals surface area contributed by atoms with Gasteiger partial charge < -0.3 is 14.8 Å². The molecule has 1 amide bonds. The van der Waals surface area contributed by atoms with Gasteiger partial charge in [-0.3, -0.25) is 4.79 Å². The van der Waals surface area contributed by atoms with Gasteiger partial charge in [-0.15, -0.1) is 0 Å². The van der Waals surface area contributed by atoms with Crippen molar-refractivity contribution in [2.75, 3.05) is 7.11 Å². The van der Waals surface area contributed by atoms with Crippen LogP contribution < -0.4 is 5.32 Å². The number of carbonyl (C=O) groups is 2. The zero-order valence-corrected chi connectivity index (χ0v) is 11.4. The summed E-state index contributed by atoms with van der Waals surface area (Å²) in [7, 11) is 1.34. The third-order valence-corrected chi connectivity index (χ3v) is 2.71. The Morgan fingerprint density at radius 2 is 1.94 bits per heavy atom. The van der Waals surface area contributed by atoms with Crippen LogP contribution in [0.3, 0.4) is 0 Å². The van der Waals surface area contributed by atoms with Gasteiger partial charge in [-0.1, -0.05) is 12.2 Å². The quantitative estimate of drug-likeness (QED) is 0.605. The van der Waals surface area contributed by atoms with Gasteiger partial charge >= 0.3 is 12.1 Å². The Morgan fingerprint density at radius 1 is 1.33 bits per heavy atom. The van der Waals surface area contributed by atoms with Crippen molar-refractivity contribution in [3.63, 3.8) is 0 Å². The number of esters is 1. The highest BCUT2D eigenvalue weighted by molar-refractivity contribution is 5.76. The van der Waals surface area contributed by atoms with Crippen molar-refractivity contribution in [1.82, 2.24) is 5.32 Å². The number of nitrogens with one attached hydrogen (secondary N) is 1. The number of ether oxygens (including phenoxy) is 2. The van der Waals surface area contributed by atoms with Crippen LogP contribution in [0.2, 0.25) is 0 Å². The summed E-state index contributed by atoms with van der Waals surface area (Å²) in [6.45, 7) is 9.22. The Morgan fingerprint density at radius 3 is 2.44 bits per heavy atom. The number of carbonyl (C=O) groups excluding carboxylic acids is 2. The van der Waals surface area contributed by atoms with Crippen LogP contribution in [0, 0.1) is 5.92 Å². The number of amides is 1. The number of alkyl carbamates (subject to hydrolysis) is 1. The van der Waals surface area contributed by atoms with Crippen LogP contribution in [0.4, 0.5) is 4.79 Å². The molecule has 0 aliphatic heterocycles. The van der Waals surface area contributed by atoms with Crippen molar-refractivity contribution in [3.8, 4) is 0 Å². The molecule has 5 nitrogen and oxygen atoms in total. The molecule has 1 saturated carbocycles. The van der Waals surface area contributed by atoms with E-state index in [0.29, 0.717) is 12.8 Å². The summed E-state index contributed by atoms with van der Waals surface area (Å²) in [6.07, 6.45) is 0.614. The van der Waals surface area contributed by atoms with Crippen molar-refractivity contribution in [3.05, 3.63) is 12.2 Å². The van der Waals surface area contributed by atoms with E-state index in [9.17, 15) is 9.59 Å². The maximum absolute atomic E-state index is 11.7. The van der Waals surface area contributed by atoms with E-state index in [2.05, 4.69) is 11.9 Å². The van der Waals surface area contributed by atoms with Crippen LogP contribution in [0.5, 0.6) is 0 Å². The van der Waals surface area contributed by atoms with Gasteiger partial charge in [0.05, 0.1) is 13.0 Å². The number of hydrogen-bond acceptors (Lipinski definition) is 4. The summed E-state index contributed by atoms with van der Waals surface area (Å²) in [5.41, 5.74) is 0.381. The maximum atomic E-state index is 11.7. The second kappa shape index (κ2) is 5.42. The zero-order chi connectivity index (χ0) is 13.9. The summed E-state index contributed by atoms with van der Waals surface area (Å²) in [5, 5.41) is 2.71. The van der Waals surface area contributed by atoms with Crippen molar-refractivity contribution in [1.29, 1.82) is 0 Å². The van der Waals surface area contributed by atoms with E-state index in [1.807, 2.05) is 0 Å². The van der Waals surface area contributed by atoms with E-state index >= 15 is 0 Å². The lowest BCUT2D eigenvalue weighted by Gasteiger charge is -2.23. The van der Waals surface area contributed by atoms with E-state index in [1.54, 1.807) is 20.8 Å². The summed E-state index contributed by atoms with van der Waals surface area (Å²) in [4.78, 5) is 23.2. The first-order valence-electron chi connectivity index (χ1n) is 5.97. The van der Waals surface area contributed by atoms with Crippen LogP contribution in [0.25, 0.3) is 0 Å². The highest BCUT2D eigenvalue weighted by Crippen LogP contribution is 2.30. The number of rotatable bonds is 2. The molecule has 1 N–H and O–H groups in total. The molecule has 1 aliphatic carbocycles. The summed E-state index contributed by atoms with van der Waals surface area (Å²) in [6, 6.07) is -0.292. The molecule has 0 saturated heterocycles. The van der Waals surface area contributed by atoms with E-state index in [4.69, 9.17) is 9.47 Å². The Bertz CT molecular complexity index is 356. The molecular formula is C13H21NO4. The molecular weight excluding hydrogens is 234 g/mol. The van der Waals surface area contributed by atoms with Crippen LogP contribution >= 0.6 is 0 Å². The highest BCUT2D eigenvalue weighted by Gasteiger charge is 2.37. The second-order valence-corrected chi connectivity index (χ2v) is 5.54. The average molecular weight is 255 g/mol. The lowest BCUT2D eigenvalue weighted by Crippen LogP contribution is -2.43. The molecule has 102 valence electrons. The molecule has 18 heavy (non-hydrogen) atoms. The van der Waals surface area contributed by atoms with E-state index < -0.39 is 11.7 Å². The number of methoxy groups -OCH3 is 1. The Kier molecular flexibility index (Phi) is 4.38. The van der Waals surface area contributed by atoms with Gasteiger partial charge in [0.15, 0.2) is 0 Å². The lowest BCUT2D eigenvalue weighted by molar-refractivity contribution is -0.145. The van der Waals surface area contributed by atoms with Crippen molar-refractivity contribution < 1.29 is 19.1 Å². The first kappa shape index (κ1) is 14.5. The molecule has 0 heterocycles. The Balaban J connectivity index is 2.62. The molecule has 0 spiro atoms. The highest BCUT2D eigenvalue weighted by atomic mass is 16.6. The predicted octanol–water partition coefficient (Wildman–Crippen LogP) is 2.02. The van der Waals surface area contributed by atoms with Crippen molar-refractivity contribution in [2.24, 2.45) is 5.92 Å². The molecule has 2 atom stereocenters. The fourth-order valence-electron chi connectivity index (χ4n) is 2.00. The SMILES string of the molecule is C=C1C[C@H](C(=O)OC)[C@H](NC(=O)OC(C)(C)C)C1. The van der Waals surface area contributed by atoms with Gasteiger partial charge in [0.25, 0.3) is 0 Å². The molecule has 0 aromatic rings. The van der Waals surface area contributed by atoms with Gasteiger partial charge in [0.1, 0.15) is 5.60 Å². The van der Waals surface area contributed by atoms with E-state index in [-0.39, 0.29) is 17.9 Å². The second-order valence-electron chi connectivity index (χ2n) is 5.54. The number of hydrogen-bond donors (Lipinski definition) is 1. The first-order valence-corrected chi connectivity index (χ1v) is 5.97. The zero-order valence-electron chi connectivity index (χ0n) is 11.4. The maximum Gasteiger partial charge on any atom is 0.407 e. The van der Waals surface area contributed by atoms with Gasteiger partial charge in [-0.05, 0) is 33.6 Å². The molecule has 1 rings (SSSR count). The molecule has 0 bridgehead atoms. The molecule has 0 radical (unpaired) electrons. The smallest absolute Gasteiger partial charge is 0.407 e. The minimum atomic E-state index is -0.555.